The zero-order chi connectivity index (χ0) is 20.3. The summed E-state index contributed by atoms with van der Waals surface area (Å²) in [5, 5.41) is 18.2. The number of benzene rings is 1. The summed E-state index contributed by atoms with van der Waals surface area (Å²) in [5.41, 5.74) is 1.26. The molecule has 1 heterocycles. The molecule has 0 amide bonds. The van der Waals surface area contributed by atoms with Crippen LogP contribution in [0.15, 0.2) is 24.3 Å². The number of carbonyl (C=O) groups is 1. The van der Waals surface area contributed by atoms with Gasteiger partial charge in [0.15, 0.2) is 0 Å². The van der Waals surface area contributed by atoms with E-state index >= 15 is 0 Å². The summed E-state index contributed by atoms with van der Waals surface area (Å²) >= 11 is 0. The number of hydrogen-bond donors (Lipinski definition) is 1. The standard InChI is InChI=1S/C22H24F2N2O2/c1-4-12(20(27)28)11-22-9-8-14(21(22,2)3)13-10-17(25-26-19(13)22)18-15(23)6-5-7-16(18)24/h5-7,10,12,14H,4,8-9,11H2,1-3H3,(H,27,28)/t12?,14-,22-/m0/s1. The first kappa shape index (κ1) is 19.0. The normalized spacial score (nSPS) is 25.5. The van der Waals surface area contributed by atoms with Gasteiger partial charge in [-0.25, -0.2) is 8.78 Å². The van der Waals surface area contributed by atoms with Crippen LogP contribution in [-0.4, -0.2) is 21.3 Å². The van der Waals surface area contributed by atoms with Gasteiger partial charge in [-0.1, -0.05) is 26.8 Å². The van der Waals surface area contributed by atoms with E-state index < -0.39 is 23.5 Å². The maximum atomic E-state index is 14.2. The molecule has 1 fully saturated rings. The van der Waals surface area contributed by atoms with Crippen molar-refractivity contribution in [3.63, 3.8) is 0 Å². The number of carboxylic acid groups (broad SMARTS) is 1. The molecule has 4 nitrogen and oxygen atoms in total. The predicted octanol–water partition coefficient (Wildman–Crippen LogP) is 5.08. The van der Waals surface area contributed by atoms with Gasteiger partial charge in [-0.2, -0.15) is 10.2 Å². The minimum atomic E-state index is -0.789. The van der Waals surface area contributed by atoms with Gasteiger partial charge in [0.2, 0.25) is 0 Å². The van der Waals surface area contributed by atoms with Crippen molar-refractivity contribution in [3.8, 4) is 11.3 Å². The highest BCUT2D eigenvalue weighted by molar-refractivity contribution is 5.70. The lowest BCUT2D eigenvalue weighted by molar-refractivity contribution is -0.143. The van der Waals surface area contributed by atoms with Gasteiger partial charge in [0.05, 0.1) is 22.9 Å². The van der Waals surface area contributed by atoms with Crippen molar-refractivity contribution in [1.29, 1.82) is 0 Å². The Labute approximate surface area is 163 Å². The zero-order valence-corrected chi connectivity index (χ0v) is 16.3. The summed E-state index contributed by atoms with van der Waals surface area (Å²) in [5.74, 6) is -2.39. The Morgan fingerprint density at radius 3 is 2.57 bits per heavy atom. The van der Waals surface area contributed by atoms with Crippen LogP contribution in [0.4, 0.5) is 8.78 Å². The molecule has 2 aromatic rings. The fourth-order valence-corrected chi connectivity index (χ4v) is 5.57. The molecule has 2 bridgehead atoms. The predicted molar refractivity (Wildman–Crippen MR) is 101 cm³/mol. The van der Waals surface area contributed by atoms with Crippen LogP contribution in [0, 0.1) is 23.0 Å². The van der Waals surface area contributed by atoms with Crippen molar-refractivity contribution in [3.05, 3.63) is 47.2 Å². The van der Waals surface area contributed by atoms with Crippen LogP contribution >= 0.6 is 0 Å². The number of fused-ring (bicyclic) bond motifs is 5. The summed E-state index contributed by atoms with van der Waals surface area (Å²) in [6.45, 7) is 6.20. The van der Waals surface area contributed by atoms with Gasteiger partial charge in [0, 0.05) is 5.41 Å². The number of rotatable bonds is 5. The SMILES string of the molecule is CCC(C[C@@]12CC[C@@H](c3cc(-c4c(F)cccc4F)nnc31)C2(C)C)C(=O)O. The maximum Gasteiger partial charge on any atom is 0.306 e. The van der Waals surface area contributed by atoms with Crippen molar-refractivity contribution in [2.75, 3.05) is 0 Å². The van der Waals surface area contributed by atoms with Crippen LogP contribution in [0.5, 0.6) is 0 Å². The number of aromatic nitrogens is 2. The fraction of sp³-hybridized carbons (Fsp3) is 0.500. The molecule has 0 radical (unpaired) electrons. The van der Waals surface area contributed by atoms with E-state index in [1.165, 1.54) is 18.2 Å². The van der Waals surface area contributed by atoms with Crippen molar-refractivity contribution in [2.45, 2.75) is 57.8 Å². The van der Waals surface area contributed by atoms with Gasteiger partial charge in [-0.05, 0) is 60.8 Å². The lowest BCUT2D eigenvalue weighted by atomic mass is 9.64. The monoisotopic (exact) mass is 386 g/mol. The van der Waals surface area contributed by atoms with Crippen LogP contribution in [0.2, 0.25) is 0 Å². The summed E-state index contributed by atoms with van der Waals surface area (Å²) in [4.78, 5) is 11.7. The average molecular weight is 386 g/mol. The van der Waals surface area contributed by atoms with E-state index in [2.05, 4.69) is 24.0 Å². The maximum absolute atomic E-state index is 14.2. The third-order valence-corrected chi connectivity index (χ3v) is 7.27. The molecular weight excluding hydrogens is 362 g/mol. The Bertz CT molecular complexity index is 939. The second-order valence-electron chi connectivity index (χ2n) is 8.67. The number of halogens is 2. The first-order chi connectivity index (χ1) is 13.2. The first-order valence-electron chi connectivity index (χ1n) is 9.78. The highest BCUT2D eigenvalue weighted by atomic mass is 19.1. The van der Waals surface area contributed by atoms with E-state index in [9.17, 15) is 18.7 Å². The molecular formula is C22H24F2N2O2. The van der Waals surface area contributed by atoms with Crippen molar-refractivity contribution in [1.82, 2.24) is 10.2 Å². The van der Waals surface area contributed by atoms with E-state index in [1.54, 1.807) is 6.07 Å². The Morgan fingerprint density at radius 2 is 1.96 bits per heavy atom. The van der Waals surface area contributed by atoms with Gasteiger partial charge < -0.3 is 5.11 Å². The molecule has 4 rings (SSSR count). The van der Waals surface area contributed by atoms with Gasteiger partial charge in [0.25, 0.3) is 0 Å². The molecule has 1 unspecified atom stereocenters. The third kappa shape index (κ3) is 2.43. The lowest BCUT2D eigenvalue weighted by Gasteiger charge is -2.39. The highest BCUT2D eigenvalue weighted by Crippen LogP contribution is 2.69. The fourth-order valence-electron chi connectivity index (χ4n) is 5.57. The van der Waals surface area contributed by atoms with E-state index in [-0.39, 0.29) is 28.0 Å². The topological polar surface area (TPSA) is 63.1 Å². The number of hydrogen-bond acceptors (Lipinski definition) is 3. The molecule has 6 heteroatoms. The second kappa shape index (κ2) is 6.33. The first-order valence-corrected chi connectivity index (χ1v) is 9.78. The van der Waals surface area contributed by atoms with Gasteiger partial charge in [-0.15, -0.1) is 0 Å². The molecule has 0 saturated heterocycles. The molecule has 3 atom stereocenters. The van der Waals surface area contributed by atoms with Crippen LogP contribution < -0.4 is 0 Å². The van der Waals surface area contributed by atoms with Gasteiger partial charge in [0.1, 0.15) is 11.6 Å². The van der Waals surface area contributed by atoms with Crippen molar-refractivity contribution in [2.24, 2.45) is 11.3 Å². The van der Waals surface area contributed by atoms with E-state index in [1.807, 2.05) is 6.92 Å². The molecule has 1 N–H and O–H groups in total. The molecule has 1 aromatic heterocycles. The second-order valence-corrected chi connectivity index (χ2v) is 8.67. The Morgan fingerprint density at radius 1 is 1.29 bits per heavy atom. The van der Waals surface area contributed by atoms with Crippen molar-refractivity contribution < 1.29 is 18.7 Å². The van der Waals surface area contributed by atoms with E-state index in [4.69, 9.17) is 0 Å². The summed E-state index contributed by atoms with van der Waals surface area (Å²) in [7, 11) is 0. The number of carboxylic acids is 1. The molecule has 1 aromatic carbocycles. The minimum absolute atomic E-state index is 0.163. The average Bonchev–Trinajstić information content (AvgIpc) is 3.00. The molecule has 0 spiro atoms. The summed E-state index contributed by atoms with van der Waals surface area (Å²) in [6.07, 6.45) is 2.85. The van der Waals surface area contributed by atoms with Gasteiger partial charge in [-0.3, -0.25) is 4.79 Å². The third-order valence-electron chi connectivity index (χ3n) is 7.27. The molecule has 28 heavy (non-hydrogen) atoms. The van der Waals surface area contributed by atoms with Gasteiger partial charge >= 0.3 is 5.97 Å². The Balaban J connectivity index is 1.84. The molecule has 1 saturated carbocycles. The largest absolute Gasteiger partial charge is 0.481 e. The lowest BCUT2D eigenvalue weighted by Crippen LogP contribution is -2.39. The molecule has 0 aliphatic heterocycles. The molecule has 148 valence electrons. The highest BCUT2D eigenvalue weighted by Gasteiger charge is 2.63. The smallest absolute Gasteiger partial charge is 0.306 e. The Kier molecular flexibility index (Phi) is 4.28. The quantitative estimate of drug-likeness (QED) is 0.779. The summed E-state index contributed by atoms with van der Waals surface area (Å²) < 4.78 is 28.5. The number of nitrogens with zero attached hydrogens (tertiary/aromatic N) is 2. The summed E-state index contributed by atoms with van der Waals surface area (Å²) in [6, 6.07) is 5.51. The van der Waals surface area contributed by atoms with Crippen molar-refractivity contribution >= 4 is 5.97 Å². The Hall–Kier alpha value is -2.37. The van der Waals surface area contributed by atoms with E-state index in [0.717, 1.165) is 24.1 Å². The van der Waals surface area contributed by atoms with Crippen LogP contribution in [-0.2, 0) is 10.2 Å². The minimum Gasteiger partial charge on any atom is -0.481 e. The number of aliphatic carboxylic acids is 1. The molecule has 2 aliphatic carbocycles. The van der Waals surface area contributed by atoms with E-state index in [0.29, 0.717) is 12.8 Å². The van der Waals surface area contributed by atoms with Crippen LogP contribution in [0.25, 0.3) is 11.3 Å². The van der Waals surface area contributed by atoms with Crippen LogP contribution in [0.3, 0.4) is 0 Å². The van der Waals surface area contributed by atoms with Crippen LogP contribution in [0.1, 0.15) is 63.6 Å². The molecule has 2 aliphatic rings. The zero-order valence-electron chi connectivity index (χ0n) is 16.3.